The normalized spacial score (nSPS) is 11.8. The average Bonchev–Trinajstić information content (AvgIpc) is 3.08. The Hall–Kier alpha value is -2.76. The van der Waals surface area contributed by atoms with Gasteiger partial charge >= 0.3 is 0 Å². The molecule has 140 valence electrons. The SMILES string of the molecule is CC(C)S(=O)(=O)NCCCc1cccc(-c2ccnc3c(C#N)cnn23)c1. The number of nitrogens with one attached hydrogen (secondary N) is 1. The summed E-state index contributed by atoms with van der Waals surface area (Å²) < 4.78 is 27.9. The van der Waals surface area contributed by atoms with E-state index in [0.717, 1.165) is 23.2 Å². The Morgan fingerprint density at radius 3 is 2.85 bits per heavy atom. The molecular formula is C19H21N5O2S. The zero-order valence-corrected chi connectivity index (χ0v) is 16.1. The number of aromatic nitrogens is 3. The molecule has 0 amide bonds. The van der Waals surface area contributed by atoms with E-state index < -0.39 is 15.3 Å². The van der Waals surface area contributed by atoms with Gasteiger partial charge in [-0.3, -0.25) is 0 Å². The molecule has 0 unspecified atom stereocenters. The predicted octanol–water partition coefficient (Wildman–Crippen LogP) is 2.53. The van der Waals surface area contributed by atoms with E-state index in [9.17, 15) is 8.42 Å². The molecule has 3 aromatic rings. The Kier molecular flexibility index (Phi) is 5.54. The molecule has 2 aromatic heterocycles. The van der Waals surface area contributed by atoms with Crippen molar-refractivity contribution in [3.8, 4) is 17.3 Å². The third-order valence-corrected chi connectivity index (χ3v) is 6.16. The highest BCUT2D eigenvalue weighted by Gasteiger charge is 2.14. The molecule has 7 nitrogen and oxygen atoms in total. The fourth-order valence-electron chi connectivity index (χ4n) is 2.75. The molecule has 0 spiro atoms. The number of nitrogens with zero attached hydrogens (tertiary/aromatic N) is 4. The van der Waals surface area contributed by atoms with Crippen LogP contribution in [0, 0.1) is 11.3 Å². The van der Waals surface area contributed by atoms with E-state index in [1.807, 2.05) is 24.3 Å². The summed E-state index contributed by atoms with van der Waals surface area (Å²) in [6.07, 6.45) is 4.64. The zero-order chi connectivity index (χ0) is 19.4. The minimum absolute atomic E-state index is 0.412. The smallest absolute Gasteiger partial charge is 0.213 e. The van der Waals surface area contributed by atoms with Gasteiger partial charge in [-0.2, -0.15) is 10.4 Å². The van der Waals surface area contributed by atoms with Crippen molar-refractivity contribution in [3.05, 3.63) is 53.9 Å². The number of benzene rings is 1. The summed E-state index contributed by atoms with van der Waals surface area (Å²) in [6.45, 7) is 3.73. The van der Waals surface area contributed by atoms with Gasteiger partial charge in [-0.25, -0.2) is 22.6 Å². The summed E-state index contributed by atoms with van der Waals surface area (Å²) in [5.74, 6) is 0. The quantitative estimate of drug-likeness (QED) is 0.632. The van der Waals surface area contributed by atoms with Crippen molar-refractivity contribution in [2.75, 3.05) is 6.54 Å². The number of rotatable bonds is 7. The van der Waals surface area contributed by atoms with Gasteiger partial charge in [-0.05, 0) is 44.4 Å². The van der Waals surface area contributed by atoms with Gasteiger partial charge in [-0.1, -0.05) is 18.2 Å². The van der Waals surface area contributed by atoms with Gasteiger partial charge in [0.2, 0.25) is 10.0 Å². The lowest BCUT2D eigenvalue weighted by Gasteiger charge is -2.10. The molecule has 1 N–H and O–H groups in total. The lowest BCUT2D eigenvalue weighted by molar-refractivity contribution is 0.570. The maximum atomic E-state index is 11.8. The molecule has 0 radical (unpaired) electrons. The van der Waals surface area contributed by atoms with E-state index in [1.54, 1.807) is 24.6 Å². The van der Waals surface area contributed by atoms with E-state index in [1.165, 1.54) is 6.20 Å². The summed E-state index contributed by atoms with van der Waals surface area (Å²) in [5, 5.41) is 13.0. The van der Waals surface area contributed by atoms with Crippen LogP contribution in [0.3, 0.4) is 0 Å². The maximum Gasteiger partial charge on any atom is 0.213 e. The standard InChI is InChI=1S/C19H21N5O2S/c1-14(2)27(25,26)23-9-4-6-15-5-3-7-16(11-15)18-8-10-21-19-17(12-20)13-22-24(18)19/h3,5,7-8,10-11,13-14,23H,4,6,9H2,1-2H3. The van der Waals surface area contributed by atoms with Gasteiger partial charge in [0, 0.05) is 18.3 Å². The van der Waals surface area contributed by atoms with Crippen molar-refractivity contribution in [2.45, 2.75) is 31.9 Å². The number of aryl methyl sites for hydroxylation is 1. The minimum atomic E-state index is -3.22. The third kappa shape index (κ3) is 4.15. The number of nitriles is 1. The Morgan fingerprint density at radius 2 is 2.11 bits per heavy atom. The largest absolute Gasteiger partial charge is 0.236 e. The summed E-state index contributed by atoms with van der Waals surface area (Å²) in [5.41, 5.74) is 3.89. The first-order valence-corrected chi connectivity index (χ1v) is 10.3. The van der Waals surface area contributed by atoms with Crippen molar-refractivity contribution in [1.82, 2.24) is 19.3 Å². The predicted molar refractivity (Wildman–Crippen MR) is 104 cm³/mol. The van der Waals surface area contributed by atoms with Crippen LogP contribution in [0.2, 0.25) is 0 Å². The van der Waals surface area contributed by atoms with Crippen molar-refractivity contribution in [3.63, 3.8) is 0 Å². The molecule has 0 fully saturated rings. The summed E-state index contributed by atoms with van der Waals surface area (Å²) >= 11 is 0. The number of hydrogen-bond acceptors (Lipinski definition) is 5. The van der Waals surface area contributed by atoms with E-state index in [2.05, 4.69) is 26.9 Å². The van der Waals surface area contributed by atoms with Crippen LogP contribution in [0.1, 0.15) is 31.4 Å². The van der Waals surface area contributed by atoms with Gasteiger partial charge in [0.1, 0.15) is 11.6 Å². The summed E-state index contributed by atoms with van der Waals surface area (Å²) in [4.78, 5) is 4.23. The molecule has 1 aromatic carbocycles. The van der Waals surface area contributed by atoms with E-state index >= 15 is 0 Å². The lowest BCUT2D eigenvalue weighted by Crippen LogP contribution is -2.31. The van der Waals surface area contributed by atoms with Crippen LogP contribution in [0.25, 0.3) is 16.9 Å². The Labute approximate surface area is 158 Å². The number of fused-ring (bicyclic) bond motifs is 1. The topological polar surface area (TPSA) is 100 Å². The molecule has 0 saturated heterocycles. The fourth-order valence-corrected chi connectivity index (χ4v) is 3.51. The first-order chi connectivity index (χ1) is 12.9. The van der Waals surface area contributed by atoms with Crippen LogP contribution >= 0.6 is 0 Å². The Bertz CT molecular complexity index is 1100. The monoisotopic (exact) mass is 383 g/mol. The first kappa shape index (κ1) is 19.0. The second-order valence-corrected chi connectivity index (χ2v) is 8.85. The van der Waals surface area contributed by atoms with Crippen LogP contribution in [0.5, 0.6) is 0 Å². The molecule has 0 bridgehead atoms. The van der Waals surface area contributed by atoms with Gasteiger partial charge < -0.3 is 0 Å². The van der Waals surface area contributed by atoms with Crippen LogP contribution in [-0.2, 0) is 16.4 Å². The highest BCUT2D eigenvalue weighted by Crippen LogP contribution is 2.22. The van der Waals surface area contributed by atoms with Crippen molar-refractivity contribution >= 4 is 15.7 Å². The molecule has 27 heavy (non-hydrogen) atoms. The van der Waals surface area contributed by atoms with Gasteiger partial charge in [-0.15, -0.1) is 0 Å². The molecule has 0 aliphatic carbocycles. The molecule has 0 aliphatic heterocycles. The lowest BCUT2D eigenvalue weighted by atomic mass is 10.0. The third-order valence-electron chi connectivity index (χ3n) is 4.31. The van der Waals surface area contributed by atoms with Crippen molar-refractivity contribution < 1.29 is 8.42 Å². The highest BCUT2D eigenvalue weighted by molar-refractivity contribution is 7.90. The molecular weight excluding hydrogens is 362 g/mol. The van der Waals surface area contributed by atoms with E-state index in [-0.39, 0.29) is 0 Å². The van der Waals surface area contributed by atoms with Crippen molar-refractivity contribution in [2.24, 2.45) is 0 Å². The van der Waals surface area contributed by atoms with E-state index in [4.69, 9.17) is 5.26 Å². The Morgan fingerprint density at radius 1 is 1.30 bits per heavy atom. The first-order valence-electron chi connectivity index (χ1n) is 8.73. The maximum absolute atomic E-state index is 11.8. The minimum Gasteiger partial charge on any atom is -0.236 e. The molecule has 8 heteroatoms. The fraction of sp³-hybridized carbons (Fsp3) is 0.316. The number of hydrogen-bond donors (Lipinski definition) is 1. The molecule has 0 atom stereocenters. The number of sulfonamides is 1. The van der Waals surface area contributed by atoms with Gasteiger partial charge in [0.05, 0.1) is 17.1 Å². The van der Waals surface area contributed by atoms with Crippen LogP contribution < -0.4 is 4.72 Å². The molecule has 3 rings (SSSR count). The van der Waals surface area contributed by atoms with Crippen LogP contribution in [-0.4, -0.2) is 34.8 Å². The molecule has 2 heterocycles. The highest BCUT2D eigenvalue weighted by atomic mass is 32.2. The average molecular weight is 383 g/mol. The van der Waals surface area contributed by atoms with Gasteiger partial charge in [0.15, 0.2) is 5.65 Å². The van der Waals surface area contributed by atoms with Crippen LogP contribution in [0.15, 0.2) is 42.7 Å². The Balaban J connectivity index is 1.75. The molecule has 0 aliphatic rings. The van der Waals surface area contributed by atoms with Crippen LogP contribution in [0.4, 0.5) is 0 Å². The second-order valence-electron chi connectivity index (χ2n) is 6.53. The van der Waals surface area contributed by atoms with Crippen molar-refractivity contribution in [1.29, 1.82) is 5.26 Å². The summed E-state index contributed by atoms with van der Waals surface area (Å²) in [7, 11) is -3.22. The van der Waals surface area contributed by atoms with Gasteiger partial charge in [0.25, 0.3) is 0 Å². The molecule has 0 saturated carbocycles. The second kappa shape index (κ2) is 7.86. The zero-order valence-electron chi connectivity index (χ0n) is 15.3. The van der Waals surface area contributed by atoms with E-state index in [0.29, 0.717) is 24.2 Å². The summed E-state index contributed by atoms with van der Waals surface area (Å²) in [6, 6.07) is 12.0.